The number of aryl methyl sites for hydroxylation is 1. The number of aromatic nitrogens is 1. The van der Waals surface area contributed by atoms with Crippen molar-refractivity contribution in [1.82, 2.24) is 0 Å². The van der Waals surface area contributed by atoms with Crippen LogP contribution in [0.5, 0.6) is 5.75 Å². The Morgan fingerprint density at radius 1 is 0.880 bits per heavy atom. The van der Waals surface area contributed by atoms with Crippen LogP contribution in [0.4, 0.5) is 0 Å². The number of halogens is 1. The standard InChI is InChI=1S/C22H22NO.ClH/c1-15-13-17(16-9-11-18(24-4)12-10-16)14-21-22(2,3)19-7-5-6-8-20(19)23(15)21;/h5-14H,1-4H3;1H/q+1;/p-1. The van der Waals surface area contributed by atoms with Gasteiger partial charge in [0.25, 0.3) is 0 Å². The molecule has 128 valence electrons. The molecule has 0 unspecified atom stereocenters. The van der Waals surface area contributed by atoms with Crippen molar-refractivity contribution in [2.75, 3.05) is 7.11 Å². The van der Waals surface area contributed by atoms with Gasteiger partial charge < -0.3 is 17.1 Å². The minimum Gasteiger partial charge on any atom is -1.00 e. The van der Waals surface area contributed by atoms with Gasteiger partial charge in [-0.25, -0.2) is 0 Å². The number of methoxy groups -OCH3 is 1. The SMILES string of the molecule is COc1ccc(-c2cc(C)[n+]3c(c2)C(C)(C)c2ccccc2-3)cc1.[Cl-]. The molecule has 4 rings (SSSR count). The lowest BCUT2D eigenvalue weighted by molar-refractivity contribution is -0.606. The first kappa shape index (κ1) is 17.5. The molecule has 2 heterocycles. The molecule has 0 spiro atoms. The lowest BCUT2D eigenvalue weighted by atomic mass is 9.82. The largest absolute Gasteiger partial charge is 1.00 e. The molecule has 1 aromatic heterocycles. The molecular formula is C22H22ClNO. The summed E-state index contributed by atoms with van der Waals surface area (Å²) in [5.74, 6) is 0.888. The Bertz CT molecular complexity index is 929. The van der Waals surface area contributed by atoms with Crippen molar-refractivity contribution in [2.24, 2.45) is 0 Å². The zero-order valence-corrected chi connectivity index (χ0v) is 15.8. The summed E-state index contributed by atoms with van der Waals surface area (Å²) in [5.41, 5.74) is 7.77. The smallest absolute Gasteiger partial charge is 0.215 e. The highest BCUT2D eigenvalue weighted by molar-refractivity contribution is 5.66. The zero-order chi connectivity index (χ0) is 16.9. The van der Waals surface area contributed by atoms with Gasteiger partial charge in [-0.2, -0.15) is 4.57 Å². The van der Waals surface area contributed by atoms with Gasteiger partial charge in [0.05, 0.1) is 12.5 Å². The molecule has 0 fully saturated rings. The van der Waals surface area contributed by atoms with Crippen molar-refractivity contribution in [3.63, 3.8) is 0 Å². The number of nitrogens with zero attached hydrogens (tertiary/aromatic N) is 1. The summed E-state index contributed by atoms with van der Waals surface area (Å²) < 4.78 is 7.67. The first-order valence-corrected chi connectivity index (χ1v) is 8.34. The maximum Gasteiger partial charge on any atom is 0.215 e. The maximum atomic E-state index is 5.27. The summed E-state index contributed by atoms with van der Waals surface area (Å²) in [6.07, 6.45) is 0. The second-order valence-electron chi connectivity index (χ2n) is 6.98. The van der Waals surface area contributed by atoms with Crippen LogP contribution in [-0.2, 0) is 5.41 Å². The molecule has 3 heteroatoms. The molecule has 2 aromatic carbocycles. The van der Waals surface area contributed by atoms with Crippen molar-refractivity contribution in [3.05, 3.63) is 77.6 Å². The molecule has 25 heavy (non-hydrogen) atoms. The van der Waals surface area contributed by atoms with Crippen LogP contribution < -0.4 is 21.7 Å². The number of fused-ring (bicyclic) bond motifs is 3. The quantitative estimate of drug-likeness (QED) is 0.639. The monoisotopic (exact) mass is 351 g/mol. The van der Waals surface area contributed by atoms with E-state index >= 15 is 0 Å². The fraction of sp³-hybridized carbons (Fsp3) is 0.227. The van der Waals surface area contributed by atoms with E-state index < -0.39 is 0 Å². The summed E-state index contributed by atoms with van der Waals surface area (Å²) in [4.78, 5) is 0. The van der Waals surface area contributed by atoms with Crippen molar-refractivity contribution < 1.29 is 21.7 Å². The third kappa shape index (κ3) is 2.61. The van der Waals surface area contributed by atoms with Crippen LogP contribution in [0, 0.1) is 6.92 Å². The molecule has 0 amide bonds. The number of rotatable bonds is 2. The van der Waals surface area contributed by atoms with Crippen LogP contribution >= 0.6 is 0 Å². The summed E-state index contributed by atoms with van der Waals surface area (Å²) in [6.45, 7) is 6.80. The topological polar surface area (TPSA) is 13.1 Å². The molecule has 0 N–H and O–H groups in total. The van der Waals surface area contributed by atoms with E-state index in [1.54, 1.807) is 7.11 Å². The molecule has 0 saturated heterocycles. The molecule has 2 nitrogen and oxygen atoms in total. The fourth-order valence-corrected chi connectivity index (χ4v) is 3.80. The molecule has 0 radical (unpaired) electrons. The second kappa shape index (κ2) is 6.20. The Morgan fingerprint density at radius 3 is 2.24 bits per heavy atom. The molecule has 1 aliphatic rings. The molecule has 0 atom stereocenters. The highest BCUT2D eigenvalue weighted by Gasteiger charge is 2.44. The fourth-order valence-electron chi connectivity index (χ4n) is 3.80. The Kier molecular flexibility index (Phi) is 4.34. The highest BCUT2D eigenvalue weighted by Crippen LogP contribution is 2.39. The van der Waals surface area contributed by atoms with Crippen molar-refractivity contribution in [1.29, 1.82) is 0 Å². The van der Waals surface area contributed by atoms with E-state index in [-0.39, 0.29) is 17.8 Å². The van der Waals surface area contributed by atoms with Crippen LogP contribution in [0.1, 0.15) is 30.8 Å². The van der Waals surface area contributed by atoms with Gasteiger partial charge in [-0.05, 0) is 37.1 Å². The van der Waals surface area contributed by atoms with E-state index in [4.69, 9.17) is 4.74 Å². The lowest BCUT2D eigenvalue weighted by Gasteiger charge is -2.15. The molecule has 0 bridgehead atoms. The third-order valence-electron chi connectivity index (χ3n) is 5.13. The molecular weight excluding hydrogens is 330 g/mol. The average molecular weight is 352 g/mol. The van der Waals surface area contributed by atoms with E-state index in [1.807, 2.05) is 12.1 Å². The predicted octanol–water partition coefficient (Wildman–Crippen LogP) is 1.59. The van der Waals surface area contributed by atoms with Gasteiger partial charge in [-0.1, -0.05) is 30.3 Å². The van der Waals surface area contributed by atoms with Crippen LogP contribution in [0.3, 0.4) is 0 Å². The first-order chi connectivity index (χ1) is 11.5. The predicted molar refractivity (Wildman–Crippen MR) is 96.8 cm³/mol. The van der Waals surface area contributed by atoms with Gasteiger partial charge in [-0.15, -0.1) is 0 Å². The van der Waals surface area contributed by atoms with Gasteiger partial charge in [0.1, 0.15) is 5.75 Å². The number of ether oxygens (including phenoxy) is 1. The van der Waals surface area contributed by atoms with Crippen molar-refractivity contribution in [2.45, 2.75) is 26.2 Å². The van der Waals surface area contributed by atoms with E-state index in [2.05, 4.69) is 73.9 Å². The summed E-state index contributed by atoms with van der Waals surface area (Å²) in [7, 11) is 1.70. The lowest BCUT2D eigenvalue weighted by Crippen LogP contribution is -3.00. The second-order valence-corrected chi connectivity index (χ2v) is 6.98. The van der Waals surface area contributed by atoms with Gasteiger partial charge in [0, 0.05) is 30.7 Å². The number of hydrogen-bond donors (Lipinski definition) is 0. The first-order valence-electron chi connectivity index (χ1n) is 8.34. The van der Waals surface area contributed by atoms with E-state index in [9.17, 15) is 0 Å². The number of pyridine rings is 1. The molecule has 0 saturated carbocycles. The summed E-state index contributed by atoms with van der Waals surface area (Å²) in [6, 6.07) is 21.6. The minimum atomic E-state index is 0. The van der Waals surface area contributed by atoms with Gasteiger partial charge in [0.2, 0.25) is 5.69 Å². The van der Waals surface area contributed by atoms with E-state index in [0.717, 1.165) is 5.75 Å². The Morgan fingerprint density at radius 2 is 1.56 bits per heavy atom. The van der Waals surface area contributed by atoms with Gasteiger partial charge >= 0.3 is 0 Å². The Hall–Kier alpha value is -2.32. The average Bonchev–Trinajstić information content (AvgIpc) is 2.83. The highest BCUT2D eigenvalue weighted by atomic mass is 35.5. The van der Waals surface area contributed by atoms with Gasteiger partial charge in [0.15, 0.2) is 11.4 Å². The van der Waals surface area contributed by atoms with E-state index in [0.29, 0.717) is 0 Å². The van der Waals surface area contributed by atoms with Crippen LogP contribution in [-0.4, -0.2) is 7.11 Å². The third-order valence-corrected chi connectivity index (χ3v) is 5.13. The van der Waals surface area contributed by atoms with Crippen LogP contribution in [0.2, 0.25) is 0 Å². The van der Waals surface area contributed by atoms with Crippen molar-refractivity contribution in [3.8, 4) is 22.6 Å². The number of hydrogen-bond acceptors (Lipinski definition) is 1. The Labute approximate surface area is 155 Å². The normalized spacial score (nSPS) is 13.6. The Balaban J connectivity index is 0.00000182. The number of para-hydroxylation sites is 1. The number of benzene rings is 2. The van der Waals surface area contributed by atoms with Crippen LogP contribution in [0.15, 0.2) is 60.7 Å². The molecule has 1 aliphatic heterocycles. The van der Waals surface area contributed by atoms with Crippen molar-refractivity contribution >= 4 is 0 Å². The van der Waals surface area contributed by atoms with E-state index in [1.165, 1.54) is 33.8 Å². The van der Waals surface area contributed by atoms with Gasteiger partial charge in [-0.3, -0.25) is 0 Å². The molecule has 0 aliphatic carbocycles. The van der Waals surface area contributed by atoms with Crippen LogP contribution in [0.25, 0.3) is 16.8 Å². The minimum absolute atomic E-state index is 0. The maximum absolute atomic E-state index is 5.27. The molecule has 3 aromatic rings. The summed E-state index contributed by atoms with van der Waals surface area (Å²) >= 11 is 0. The summed E-state index contributed by atoms with van der Waals surface area (Å²) in [5, 5.41) is 0. The zero-order valence-electron chi connectivity index (χ0n) is 15.0.